The Morgan fingerprint density at radius 1 is 1.00 bits per heavy atom. The summed E-state index contributed by atoms with van der Waals surface area (Å²) >= 11 is 1.66. The van der Waals surface area contributed by atoms with Crippen LogP contribution in [0.1, 0.15) is 45.6 Å². The molecule has 3 heterocycles. The lowest BCUT2D eigenvalue weighted by atomic mass is 9.66. The summed E-state index contributed by atoms with van der Waals surface area (Å²) in [6, 6.07) is 22.4. The number of hydrogen-bond donors (Lipinski definition) is 1. The average molecular weight is 666 g/mol. The summed E-state index contributed by atoms with van der Waals surface area (Å²) in [7, 11) is 0. The molecule has 0 aromatic heterocycles. The van der Waals surface area contributed by atoms with E-state index in [1.165, 1.54) is 0 Å². The Balaban J connectivity index is 1.45. The summed E-state index contributed by atoms with van der Waals surface area (Å²) in [6.45, 7) is 14.8. The van der Waals surface area contributed by atoms with Gasteiger partial charge in [0.25, 0.3) is 5.91 Å². The molecule has 3 aliphatic rings. The van der Waals surface area contributed by atoms with Crippen molar-refractivity contribution >= 4 is 45.9 Å². The van der Waals surface area contributed by atoms with E-state index in [2.05, 4.69) is 20.1 Å². The normalized spacial score (nSPS) is 27.0. The average Bonchev–Trinajstić information content (AvgIpc) is 3.67. The van der Waals surface area contributed by atoms with Crippen LogP contribution < -0.4 is 4.90 Å². The van der Waals surface area contributed by atoms with Crippen LogP contribution in [0.3, 0.4) is 0 Å². The molecule has 3 aromatic carbocycles. The number of fused-ring (bicyclic) bond motifs is 2. The molecule has 3 fully saturated rings. The number of anilines is 1. The summed E-state index contributed by atoms with van der Waals surface area (Å²) in [5.74, 6) is -1.83. The van der Waals surface area contributed by atoms with E-state index >= 15 is 9.59 Å². The molecule has 0 radical (unpaired) electrons. The molecule has 6 rings (SSSR count). The maximum Gasteiger partial charge on any atom is 0.251 e. The first-order valence-corrected chi connectivity index (χ1v) is 17.9. The summed E-state index contributed by atoms with van der Waals surface area (Å²) < 4.78 is -1.33. The van der Waals surface area contributed by atoms with Gasteiger partial charge in [0.05, 0.1) is 29.2 Å². The van der Waals surface area contributed by atoms with E-state index in [1.807, 2.05) is 86.6 Å². The number of aliphatic hydroxyl groups excluding tert-OH is 1. The van der Waals surface area contributed by atoms with Crippen molar-refractivity contribution < 1.29 is 19.5 Å². The van der Waals surface area contributed by atoms with E-state index in [0.717, 1.165) is 28.4 Å². The van der Waals surface area contributed by atoms with Crippen LogP contribution in [-0.4, -0.2) is 73.9 Å². The number of aliphatic hydroxyl groups is 1. The quantitative estimate of drug-likeness (QED) is 0.212. The Hall–Kier alpha value is -3.88. The molecule has 7 nitrogen and oxygen atoms in total. The minimum atomic E-state index is -0.848. The molecule has 0 aliphatic carbocycles. The topological polar surface area (TPSA) is 81.2 Å². The van der Waals surface area contributed by atoms with Gasteiger partial charge >= 0.3 is 0 Å². The van der Waals surface area contributed by atoms with Crippen LogP contribution in [0.25, 0.3) is 10.8 Å². The predicted octanol–water partition coefficient (Wildman–Crippen LogP) is 6.46. The monoisotopic (exact) mass is 665 g/mol. The Morgan fingerprint density at radius 3 is 2.35 bits per heavy atom. The van der Waals surface area contributed by atoms with Gasteiger partial charge in [-0.2, -0.15) is 0 Å². The van der Waals surface area contributed by atoms with Crippen LogP contribution in [0.2, 0.25) is 0 Å². The molecule has 0 saturated carbocycles. The molecule has 48 heavy (non-hydrogen) atoms. The molecule has 3 aromatic rings. The van der Waals surface area contributed by atoms with Crippen molar-refractivity contribution in [1.29, 1.82) is 0 Å². The lowest BCUT2D eigenvalue weighted by Gasteiger charge is -2.41. The van der Waals surface area contributed by atoms with Crippen LogP contribution in [0.15, 0.2) is 98.1 Å². The Kier molecular flexibility index (Phi) is 9.60. The second-order valence-electron chi connectivity index (χ2n) is 13.9. The zero-order valence-electron chi connectivity index (χ0n) is 28.3. The minimum Gasteiger partial charge on any atom is -0.394 e. The molecule has 2 unspecified atom stereocenters. The van der Waals surface area contributed by atoms with Gasteiger partial charge in [-0.3, -0.25) is 14.4 Å². The maximum absolute atomic E-state index is 15.2. The Labute approximate surface area is 288 Å². The first-order valence-electron chi connectivity index (χ1n) is 17.1. The minimum absolute atomic E-state index is 0.0553. The second-order valence-corrected chi connectivity index (χ2v) is 15.8. The molecule has 7 atom stereocenters. The third-order valence-electron chi connectivity index (χ3n) is 11.1. The van der Waals surface area contributed by atoms with Crippen LogP contribution in [0.4, 0.5) is 5.69 Å². The molecule has 252 valence electrons. The highest BCUT2D eigenvalue weighted by atomic mass is 32.2. The fourth-order valence-corrected chi connectivity index (χ4v) is 10.9. The summed E-state index contributed by atoms with van der Waals surface area (Å²) in [5.41, 5.74) is 1.73. The van der Waals surface area contributed by atoms with Gasteiger partial charge in [-0.15, -0.1) is 24.9 Å². The highest BCUT2D eigenvalue weighted by molar-refractivity contribution is 8.02. The lowest BCUT2D eigenvalue weighted by Crippen LogP contribution is -2.58. The number of rotatable bonds is 13. The highest BCUT2D eigenvalue weighted by Gasteiger charge is 2.78. The van der Waals surface area contributed by atoms with Gasteiger partial charge in [-0.25, -0.2) is 0 Å². The molecule has 3 saturated heterocycles. The van der Waals surface area contributed by atoms with Gasteiger partial charge in [0, 0.05) is 30.1 Å². The van der Waals surface area contributed by atoms with Crippen LogP contribution in [0.5, 0.6) is 0 Å². The van der Waals surface area contributed by atoms with Gasteiger partial charge in [-0.1, -0.05) is 93.1 Å². The van der Waals surface area contributed by atoms with Crippen molar-refractivity contribution in [2.24, 2.45) is 17.8 Å². The van der Waals surface area contributed by atoms with E-state index < -0.39 is 33.4 Å². The first-order chi connectivity index (χ1) is 23.1. The number of hydrogen-bond acceptors (Lipinski definition) is 5. The van der Waals surface area contributed by atoms with Crippen molar-refractivity contribution in [1.82, 2.24) is 9.80 Å². The molecule has 1 N–H and O–H groups in total. The molecule has 1 spiro atoms. The van der Waals surface area contributed by atoms with Crippen LogP contribution in [-0.2, 0) is 20.9 Å². The molecular formula is C40H47N3O4S. The SMILES string of the molecule is C=CCN(Cc1ccccc1)C(=O)[C@H]1[C@H]2C(=O)N([C@@H](CO)[C@@H](C)CC)C(C(=O)N(CC=C)c3ccc4ccccc4c3)C23CC[C@]1(C)S3. The predicted molar refractivity (Wildman–Crippen MR) is 194 cm³/mol. The van der Waals surface area contributed by atoms with Crippen molar-refractivity contribution in [3.05, 3.63) is 104 Å². The van der Waals surface area contributed by atoms with Crippen molar-refractivity contribution in [2.45, 2.75) is 68.2 Å². The van der Waals surface area contributed by atoms with E-state index in [-0.39, 0.29) is 36.8 Å². The van der Waals surface area contributed by atoms with Crippen molar-refractivity contribution in [2.75, 3.05) is 24.6 Å². The van der Waals surface area contributed by atoms with Gasteiger partial charge in [-0.05, 0) is 54.2 Å². The smallest absolute Gasteiger partial charge is 0.251 e. The van der Waals surface area contributed by atoms with Crippen molar-refractivity contribution in [3.63, 3.8) is 0 Å². The van der Waals surface area contributed by atoms with Gasteiger partial charge in [0.2, 0.25) is 11.8 Å². The lowest BCUT2D eigenvalue weighted by molar-refractivity contribution is -0.147. The molecular weight excluding hydrogens is 619 g/mol. The number of nitrogens with zero attached hydrogens (tertiary/aromatic N) is 3. The number of carbonyl (C=O) groups is 3. The number of carbonyl (C=O) groups excluding carboxylic acids is 3. The van der Waals surface area contributed by atoms with E-state index in [1.54, 1.807) is 38.6 Å². The van der Waals surface area contributed by atoms with E-state index in [4.69, 9.17) is 0 Å². The molecule has 3 amide bonds. The number of amides is 3. The summed E-state index contributed by atoms with van der Waals surface area (Å²) in [5, 5.41) is 12.9. The second kappa shape index (κ2) is 13.6. The molecule has 8 heteroatoms. The fraction of sp³-hybridized carbons (Fsp3) is 0.425. The van der Waals surface area contributed by atoms with E-state index in [0.29, 0.717) is 25.9 Å². The summed E-state index contributed by atoms with van der Waals surface area (Å²) in [6.07, 6.45) is 5.53. The van der Waals surface area contributed by atoms with Crippen LogP contribution >= 0.6 is 11.8 Å². The van der Waals surface area contributed by atoms with Gasteiger partial charge < -0.3 is 19.8 Å². The van der Waals surface area contributed by atoms with E-state index in [9.17, 15) is 9.90 Å². The van der Waals surface area contributed by atoms with Gasteiger partial charge in [0.15, 0.2) is 0 Å². The third-order valence-corrected chi connectivity index (χ3v) is 13.0. The first kappa shape index (κ1) is 34.0. The van der Waals surface area contributed by atoms with Crippen molar-refractivity contribution in [3.8, 4) is 0 Å². The van der Waals surface area contributed by atoms with Gasteiger partial charge in [0.1, 0.15) is 6.04 Å². The number of benzene rings is 3. The molecule has 2 bridgehead atoms. The number of likely N-dealkylation sites (tertiary alicyclic amines) is 1. The zero-order chi connectivity index (χ0) is 34.2. The number of thioether (sulfide) groups is 1. The Morgan fingerprint density at radius 2 is 1.69 bits per heavy atom. The molecule has 3 aliphatic heterocycles. The maximum atomic E-state index is 15.2. The fourth-order valence-electron chi connectivity index (χ4n) is 8.52. The Bertz CT molecular complexity index is 1710. The highest BCUT2D eigenvalue weighted by Crippen LogP contribution is 2.72. The third kappa shape index (κ3) is 5.57. The largest absolute Gasteiger partial charge is 0.394 e. The van der Waals surface area contributed by atoms with Crippen LogP contribution in [0, 0.1) is 17.8 Å². The zero-order valence-corrected chi connectivity index (χ0v) is 29.1. The summed E-state index contributed by atoms with van der Waals surface area (Å²) in [4.78, 5) is 50.2. The standard InChI is InChI=1S/C40H47N3O4S/c1-6-22-41(25-28-14-10-9-11-15-28)36(45)33-34-37(46)43(32(26-44)27(4)8-3)35(40(34)21-20-39(33,5)48-40)38(47)42(23-7-2)31-19-18-29-16-12-13-17-30(29)24-31/h6-7,9-19,24,27,32-35,44H,1-2,8,20-23,25-26H2,3-5H3/t27-,32-,33+,34-,35?,39-,40?/m0/s1.